The van der Waals surface area contributed by atoms with Gasteiger partial charge in [-0.05, 0) is 70.6 Å². The molecular formula is C50H95NO5. The second-order valence-electron chi connectivity index (χ2n) is 16.9. The molecule has 0 saturated carbocycles. The van der Waals surface area contributed by atoms with Crippen LogP contribution in [0.1, 0.15) is 258 Å². The lowest BCUT2D eigenvalue weighted by Crippen LogP contribution is -2.46. The fraction of sp³-hybridized carbons (Fsp3) is 0.880. The number of allylic oxidation sites excluding steroid dienone is 4. The monoisotopic (exact) mass is 790 g/mol. The third kappa shape index (κ3) is 39.2. The standard InChI is InChI=1S/C50H95NO5/c1-4-7-10-13-16-19-22-23-24-25-26-28-29-32-35-38-41-46(56-50(55)43-40-37-34-31-27-20-17-14-11-8-5-2)44-49(54)51-47(45-52)48(53)42-39-36-33-30-21-18-15-12-9-6-3/h14,17,26,28,46-48,52-53H,4-13,15-16,18-25,27,29-45H2,1-3H3,(H,51,54)/b17-14-,28-26+. The van der Waals surface area contributed by atoms with E-state index in [2.05, 4.69) is 50.4 Å². The quantitative estimate of drug-likeness (QED) is 0.0324. The number of unbranched alkanes of at least 4 members (excludes halogenated alkanes) is 28. The summed E-state index contributed by atoms with van der Waals surface area (Å²) in [5.41, 5.74) is 0. The van der Waals surface area contributed by atoms with Gasteiger partial charge in [0.05, 0.1) is 25.2 Å². The number of esters is 1. The van der Waals surface area contributed by atoms with Crippen LogP contribution in [0.25, 0.3) is 0 Å². The third-order valence-corrected chi connectivity index (χ3v) is 11.3. The molecule has 1 amide bonds. The SMILES string of the molecule is CCCC/C=C\CCCCCCCC(=O)OC(CCCCC/C=C/CCCCCCCCCCC)CC(=O)NC(CO)C(O)CCCCCCCCCCCC. The van der Waals surface area contributed by atoms with E-state index in [1.54, 1.807) is 0 Å². The molecule has 0 fully saturated rings. The third-order valence-electron chi connectivity index (χ3n) is 11.3. The van der Waals surface area contributed by atoms with Gasteiger partial charge in [0.25, 0.3) is 0 Å². The summed E-state index contributed by atoms with van der Waals surface area (Å²) >= 11 is 0. The molecule has 0 aromatic rings. The summed E-state index contributed by atoms with van der Waals surface area (Å²) in [6.07, 6.45) is 49.5. The van der Waals surface area contributed by atoms with E-state index in [-0.39, 0.29) is 24.9 Å². The Labute approximate surface area is 348 Å². The molecule has 56 heavy (non-hydrogen) atoms. The second-order valence-corrected chi connectivity index (χ2v) is 16.9. The van der Waals surface area contributed by atoms with E-state index < -0.39 is 18.2 Å². The molecule has 0 aliphatic heterocycles. The highest BCUT2D eigenvalue weighted by molar-refractivity contribution is 5.77. The maximum absolute atomic E-state index is 13.1. The first-order valence-electron chi connectivity index (χ1n) is 24.6. The minimum atomic E-state index is -0.788. The molecule has 0 aromatic carbocycles. The van der Waals surface area contributed by atoms with Crippen molar-refractivity contribution in [1.29, 1.82) is 0 Å². The number of aliphatic hydroxyl groups excluding tert-OH is 2. The zero-order chi connectivity index (χ0) is 41.0. The van der Waals surface area contributed by atoms with Crippen molar-refractivity contribution in [3.63, 3.8) is 0 Å². The molecule has 0 aliphatic carbocycles. The predicted molar refractivity (Wildman–Crippen MR) is 241 cm³/mol. The van der Waals surface area contributed by atoms with E-state index in [9.17, 15) is 19.8 Å². The minimum Gasteiger partial charge on any atom is -0.462 e. The predicted octanol–water partition coefficient (Wildman–Crippen LogP) is 14.3. The van der Waals surface area contributed by atoms with Gasteiger partial charge >= 0.3 is 5.97 Å². The van der Waals surface area contributed by atoms with E-state index in [4.69, 9.17) is 4.74 Å². The fourth-order valence-corrected chi connectivity index (χ4v) is 7.46. The molecule has 3 atom stereocenters. The summed E-state index contributed by atoms with van der Waals surface area (Å²) in [7, 11) is 0. The highest BCUT2D eigenvalue weighted by Crippen LogP contribution is 2.17. The largest absolute Gasteiger partial charge is 0.462 e. The van der Waals surface area contributed by atoms with Gasteiger partial charge in [0.2, 0.25) is 5.91 Å². The maximum Gasteiger partial charge on any atom is 0.306 e. The molecule has 6 nitrogen and oxygen atoms in total. The lowest BCUT2D eigenvalue weighted by molar-refractivity contribution is -0.151. The molecule has 0 heterocycles. The molecule has 0 aromatic heterocycles. The summed E-state index contributed by atoms with van der Waals surface area (Å²) in [5.74, 6) is -0.493. The Morgan fingerprint density at radius 3 is 1.34 bits per heavy atom. The molecule has 330 valence electrons. The molecule has 6 heteroatoms. The molecule has 0 aliphatic rings. The van der Waals surface area contributed by atoms with Crippen molar-refractivity contribution in [2.24, 2.45) is 0 Å². The molecule has 0 bridgehead atoms. The molecule has 0 saturated heterocycles. The number of carbonyl (C=O) groups excluding carboxylic acids is 2. The number of aliphatic hydroxyl groups is 2. The van der Waals surface area contributed by atoms with Crippen molar-refractivity contribution in [2.45, 2.75) is 277 Å². The van der Waals surface area contributed by atoms with E-state index in [0.717, 1.165) is 70.6 Å². The first-order valence-corrected chi connectivity index (χ1v) is 24.6. The Morgan fingerprint density at radius 1 is 0.500 bits per heavy atom. The van der Waals surface area contributed by atoms with Crippen LogP contribution in [0.4, 0.5) is 0 Å². The Hall–Kier alpha value is -1.66. The molecule has 0 spiro atoms. The van der Waals surface area contributed by atoms with E-state index in [1.165, 1.54) is 141 Å². The van der Waals surface area contributed by atoms with Crippen LogP contribution in [0.2, 0.25) is 0 Å². The van der Waals surface area contributed by atoms with Gasteiger partial charge in [-0.3, -0.25) is 9.59 Å². The highest BCUT2D eigenvalue weighted by Gasteiger charge is 2.24. The van der Waals surface area contributed by atoms with Crippen LogP contribution in [0, 0.1) is 0 Å². The zero-order valence-corrected chi connectivity index (χ0v) is 37.5. The number of hydrogen-bond acceptors (Lipinski definition) is 5. The topological polar surface area (TPSA) is 95.9 Å². The Bertz CT molecular complexity index is 889. The first-order chi connectivity index (χ1) is 27.5. The summed E-state index contributed by atoms with van der Waals surface area (Å²) in [5, 5.41) is 23.7. The fourth-order valence-electron chi connectivity index (χ4n) is 7.46. The van der Waals surface area contributed by atoms with Crippen molar-refractivity contribution in [1.82, 2.24) is 5.32 Å². The van der Waals surface area contributed by atoms with Crippen LogP contribution in [-0.2, 0) is 14.3 Å². The Morgan fingerprint density at radius 2 is 0.875 bits per heavy atom. The Balaban J connectivity index is 4.60. The molecule has 0 radical (unpaired) electrons. The van der Waals surface area contributed by atoms with Crippen molar-refractivity contribution in [2.75, 3.05) is 6.61 Å². The number of amides is 1. The number of rotatable bonds is 44. The van der Waals surface area contributed by atoms with Gasteiger partial charge < -0.3 is 20.3 Å². The van der Waals surface area contributed by atoms with Gasteiger partial charge in [-0.25, -0.2) is 0 Å². The number of ether oxygens (including phenoxy) is 1. The van der Waals surface area contributed by atoms with E-state index >= 15 is 0 Å². The number of carbonyl (C=O) groups is 2. The smallest absolute Gasteiger partial charge is 0.306 e. The lowest BCUT2D eigenvalue weighted by atomic mass is 10.0. The summed E-state index contributed by atoms with van der Waals surface area (Å²) in [4.78, 5) is 26.0. The van der Waals surface area contributed by atoms with Gasteiger partial charge in [-0.2, -0.15) is 0 Å². The van der Waals surface area contributed by atoms with Crippen LogP contribution >= 0.6 is 0 Å². The van der Waals surface area contributed by atoms with Crippen LogP contribution in [0.5, 0.6) is 0 Å². The number of hydrogen-bond donors (Lipinski definition) is 3. The van der Waals surface area contributed by atoms with Crippen LogP contribution in [0.15, 0.2) is 24.3 Å². The Kier molecular flexibility index (Phi) is 43.1. The molecule has 0 rings (SSSR count). The van der Waals surface area contributed by atoms with E-state index in [1.807, 2.05) is 0 Å². The lowest BCUT2D eigenvalue weighted by Gasteiger charge is -2.24. The normalized spacial score (nSPS) is 13.4. The molecular weight excluding hydrogens is 695 g/mol. The second kappa shape index (κ2) is 44.4. The first kappa shape index (κ1) is 54.3. The molecule has 3 N–H and O–H groups in total. The average molecular weight is 790 g/mol. The van der Waals surface area contributed by atoms with Gasteiger partial charge in [0.15, 0.2) is 0 Å². The van der Waals surface area contributed by atoms with Crippen LogP contribution < -0.4 is 5.32 Å². The van der Waals surface area contributed by atoms with Crippen molar-refractivity contribution in [3.8, 4) is 0 Å². The molecule has 3 unspecified atom stereocenters. The van der Waals surface area contributed by atoms with Crippen LogP contribution in [0.3, 0.4) is 0 Å². The van der Waals surface area contributed by atoms with Crippen LogP contribution in [-0.4, -0.2) is 46.9 Å². The maximum atomic E-state index is 13.1. The summed E-state index contributed by atoms with van der Waals surface area (Å²) in [6.45, 7) is 6.43. The van der Waals surface area contributed by atoms with E-state index in [0.29, 0.717) is 19.3 Å². The summed E-state index contributed by atoms with van der Waals surface area (Å²) in [6, 6.07) is -0.702. The minimum absolute atomic E-state index is 0.0671. The van der Waals surface area contributed by atoms with Gasteiger partial charge in [-0.1, -0.05) is 199 Å². The van der Waals surface area contributed by atoms with Gasteiger partial charge in [0, 0.05) is 6.42 Å². The highest BCUT2D eigenvalue weighted by atomic mass is 16.5. The number of nitrogens with one attached hydrogen (secondary N) is 1. The summed E-state index contributed by atoms with van der Waals surface area (Å²) < 4.78 is 5.90. The van der Waals surface area contributed by atoms with Gasteiger partial charge in [0.1, 0.15) is 6.10 Å². The zero-order valence-electron chi connectivity index (χ0n) is 37.5. The average Bonchev–Trinajstić information content (AvgIpc) is 3.19. The van der Waals surface area contributed by atoms with Crippen molar-refractivity contribution in [3.05, 3.63) is 24.3 Å². The van der Waals surface area contributed by atoms with Crippen molar-refractivity contribution < 1.29 is 24.5 Å². The van der Waals surface area contributed by atoms with Gasteiger partial charge in [-0.15, -0.1) is 0 Å². The van der Waals surface area contributed by atoms with Crippen molar-refractivity contribution >= 4 is 11.9 Å².